The second kappa shape index (κ2) is 10.3. The van der Waals surface area contributed by atoms with Gasteiger partial charge in [0.1, 0.15) is 0 Å². The van der Waals surface area contributed by atoms with E-state index < -0.39 is 0 Å². The zero-order valence-electron chi connectivity index (χ0n) is 9.21. The largest absolute Gasteiger partial charge is 0.466 e. The molecule has 0 aliphatic heterocycles. The molecule has 0 heterocycles. The van der Waals surface area contributed by atoms with Gasteiger partial charge >= 0.3 is 5.97 Å². The molecule has 0 aliphatic carbocycles. The van der Waals surface area contributed by atoms with Gasteiger partial charge in [-0.2, -0.15) is 0 Å². The maximum Gasteiger partial charge on any atom is 0.309 e. The number of hydrogen-bond donors (Lipinski definition) is 1. The van der Waals surface area contributed by atoms with Crippen molar-refractivity contribution in [3.63, 3.8) is 0 Å². The van der Waals surface area contributed by atoms with E-state index in [4.69, 9.17) is 4.74 Å². The van der Waals surface area contributed by atoms with Crippen molar-refractivity contribution in [2.75, 3.05) is 19.7 Å². The number of rotatable bonds is 8. The van der Waals surface area contributed by atoms with Crippen LogP contribution < -0.4 is 5.32 Å². The van der Waals surface area contributed by atoms with Gasteiger partial charge in [-0.3, -0.25) is 4.79 Å². The zero-order valence-corrected chi connectivity index (χ0v) is 9.21. The monoisotopic (exact) mass is 199 g/mol. The molecular formula is C11H21NO2. The highest BCUT2D eigenvalue weighted by Crippen LogP contribution is 1.88. The van der Waals surface area contributed by atoms with Crippen molar-refractivity contribution in [1.82, 2.24) is 5.32 Å². The van der Waals surface area contributed by atoms with Gasteiger partial charge in [-0.15, -0.1) is 0 Å². The summed E-state index contributed by atoms with van der Waals surface area (Å²) in [5, 5.41) is 3.25. The lowest BCUT2D eigenvalue weighted by Gasteiger charge is -1.98. The van der Waals surface area contributed by atoms with E-state index in [2.05, 4.69) is 12.2 Å². The molecule has 1 N–H and O–H groups in total. The van der Waals surface area contributed by atoms with Gasteiger partial charge < -0.3 is 10.1 Å². The van der Waals surface area contributed by atoms with Gasteiger partial charge in [0.15, 0.2) is 0 Å². The summed E-state index contributed by atoms with van der Waals surface area (Å²) < 4.78 is 4.78. The van der Waals surface area contributed by atoms with E-state index in [0.717, 1.165) is 13.1 Å². The summed E-state index contributed by atoms with van der Waals surface area (Å²) in [6.45, 7) is 6.31. The van der Waals surface area contributed by atoms with Crippen molar-refractivity contribution in [3.05, 3.63) is 12.2 Å². The van der Waals surface area contributed by atoms with Crippen molar-refractivity contribution in [3.8, 4) is 0 Å². The summed E-state index contributed by atoms with van der Waals surface area (Å²) in [6.07, 6.45) is 6.60. The molecule has 0 radical (unpaired) electrons. The molecule has 0 atom stereocenters. The van der Waals surface area contributed by atoms with Crippen molar-refractivity contribution in [1.29, 1.82) is 0 Å². The minimum absolute atomic E-state index is 0.155. The second-order valence-electron chi connectivity index (χ2n) is 3.04. The normalized spacial score (nSPS) is 10.7. The van der Waals surface area contributed by atoms with Gasteiger partial charge in [0.25, 0.3) is 0 Å². The molecule has 0 aromatic heterocycles. The Labute approximate surface area is 86.5 Å². The average molecular weight is 199 g/mol. The van der Waals surface area contributed by atoms with E-state index in [1.165, 1.54) is 12.8 Å². The number of esters is 1. The van der Waals surface area contributed by atoms with Crippen LogP contribution in [0.1, 0.15) is 33.1 Å². The summed E-state index contributed by atoms with van der Waals surface area (Å²) in [5.74, 6) is -0.155. The lowest BCUT2D eigenvalue weighted by atomic mass is 10.3. The predicted molar refractivity (Wildman–Crippen MR) is 58.2 cm³/mol. The molecule has 0 unspecified atom stereocenters. The third-order valence-electron chi connectivity index (χ3n) is 1.73. The van der Waals surface area contributed by atoms with Gasteiger partial charge in [0.2, 0.25) is 0 Å². The molecule has 0 saturated heterocycles. The Morgan fingerprint density at radius 1 is 1.36 bits per heavy atom. The standard InChI is InChI=1S/C11H21NO2/c1-3-5-9-12-10-7-6-8-11(13)14-4-2/h6-7,12H,3-5,8-10H2,1-2H3/b7-6-. The Kier molecular flexibility index (Phi) is 9.64. The fourth-order valence-corrected chi connectivity index (χ4v) is 0.970. The number of nitrogens with one attached hydrogen (secondary N) is 1. The Morgan fingerprint density at radius 2 is 2.14 bits per heavy atom. The Hall–Kier alpha value is -0.830. The molecule has 82 valence electrons. The molecule has 0 amide bonds. The van der Waals surface area contributed by atoms with E-state index in [0.29, 0.717) is 13.0 Å². The molecule has 0 aromatic rings. The molecule has 0 aliphatic rings. The van der Waals surface area contributed by atoms with Crippen LogP contribution in [0.25, 0.3) is 0 Å². The minimum atomic E-state index is -0.155. The van der Waals surface area contributed by atoms with Crippen LogP contribution in [0, 0.1) is 0 Å². The maximum absolute atomic E-state index is 10.9. The molecule has 3 nitrogen and oxygen atoms in total. The lowest BCUT2D eigenvalue weighted by molar-refractivity contribution is -0.142. The zero-order chi connectivity index (χ0) is 10.6. The Morgan fingerprint density at radius 3 is 2.79 bits per heavy atom. The topological polar surface area (TPSA) is 38.3 Å². The molecule has 0 spiro atoms. The number of carbonyl (C=O) groups is 1. The average Bonchev–Trinajstić information content (AvgIpc) is 2.17. The summed E-state index contributed by atoms with van der Waals surface area (Å²) in [4.78, 5) is 10.9. The number of ether oxygens (including phenoxy) is 1. The molecular weight excluding hydrogens is 178 g/mol. The van der Waals surface area contributed by atoms with E-state index in [-0.39, 0.29) is 5.97 Å². The van der Waals surface area contributed by atoms with Crippen LogP contribution in [-0.4, -0.2) is 25.7 Å². The first-order valence-electron chi connectivity index (χ1n) is 5.32. The molecule has 3 heteroatoms. The maximum atomic E-state index is 10.9. The van der Waals surface area contributed by atoms with Crippen LogP contribution in [0.15, 0.2) is 12.2 Å². The lowest BCUT2D eigenvalue weighted by Crippen LogP contribution is -2.14. The van der Waals surface area contributed by atoms with E-state index in [9.17, 15) is 4.79 Å². The molecule has 0 saturated carbocycles. The quantitative estimate of drug-likeness (QED) is 0.368. The molecule has 0 bridgehead atoms. The highest BCUT2D eigenvalue weighted by Gasteiger charge is 1.95. The van der Waals surface area contributed by atoms with Gasteiger partial charge in [0, 0.05) is 6.54 Å². The van der Waals surface area contributed by atoms with Gasteiger partial charge in [-0.05, 0) is 19.9 Å². The van der Waals surface area contributed by atoms with Gasteiger partial charge in [0.05, 0.1) is 13.0 Å². The third kappa shape index (κ3) is 9.26. The first kappa shape index (κ1) is 13.2. The van der Waals surface area contributed by atoms with Crippen LogP contribution in [0.4, 0.5) is 0 Å². The summed E-state index contributed by atoms with van der Waals surface area (Å²) in [7, 11) is 0. The SMILES string of the molecule is CCCCNC/C=C\CC(=O)OCC. The van der Waals surface area contributed by atoms with Gasteiger partial charge in [-0.1, -0.05) is 25.5 Å². The number of unbranched alkanes of at least 4 members (excludes halogenated alkanes) is 1. The van der Waals surface area contributed by atoms with Crippen molar-refractivity contribution in [2.24, 2.45) is 0 Å². The Bertz CT molecular complexity index is 167. The van der Waals surface area contributed by atoms with Crippen molar-refractivity contribution >= 4 is 5.97 Å². The summed E-state index contributed by atoms with van der Waals surface area (Å²) >= 11 is 0. The Balaban J connectivity index is 3.22. The summed E-state index contributed by atoms with van der Waals surface area (Å²) in [5.41, 5.74) is 0. The first-order chi connectivity index (χ1) is 6.81. The third-order valence-corrected chi connectivity index (χ3v) is 1.73. The van der Waals surface area contributed by atoms with Crippen molar-refractivity contribution in [2.45, 2.75) is 33.1 Å². The van der Waals surface area contributed by atoms with Crippen LogP contribution in [0.3, 0.4) is 0 Å². The second-order valence-corrected chi connectivity index (χ2v) is 3.04. The van der Waals surface area contributed by atoms with Gasteiger partial charge in [-0.25, -0.2) is 0 Å². The molecule has 14 heavy (non-hydrogen) atoms. The van der Waals surface area contributed by atoms with Crippen LogP contribution in [-0.2, 0) is 9.53 Å². The smallest absolute Gasteiger partial charge is 0.309 e. The predicted octanol–water partition coefficient (Wildman–Crippen LogP) is 1.89. The van der Waals surface area contributed by atoms with Crippen LogP contribution in [0.2, 0.25) is 0 Å². The number of carbonyl (C=O) groups excluding carboxylic acids is 1. The van der Waals surface area contributed by atoms with E-state index in [1.807, 2.05) is 19.1 Å². The first-order valence-corrected chi connectivity index (χ1v) is 5.32. The van der Waals surface area contributed by atoms with Crippen molar-refractivity contribution < 1.29 is 9.53 Å². The highest BCUT2D eigenvalue weighted by molar-refractivity contribution is 5.71. The molecule has 0 rings (SSSR count). The van der Waals surface area contributed by atoms with E-state index >= 15 is 0 Å². The summed E-state index contributed by atoms with van der Waals surface area (Å²) in [6, 6.07) is 0. The van der Waals surface area contributed by atoms with Crippen LogP contribution in [0.5, 0.6) is 0 Å². The fraction of sp³-hybridized carbons (Fsp3) is 0.727. The minimum Gasteiger partial charge on any atom is -0.466 e. The molecule has 0 aromatic carbocycles. The highest BCUT2D eigenvalue weighted by atomic mass is 16.5. The number of hydrogen-bond acceptors (Lipinski definition) is 3. The fourth-order valence-electron chi connectivity index (χ4n) is 0.970. The van der Waals surface area contributed by atoms with Crippen LogP contribution >= 0.6 is 0 Å². The van der Waals surface area contributed by atoms with E-state index in [1.54, 1.807) is 0 Å². The molecule has 0 fully saturated rings.